The van der Waals surface area contributed by atoms with E-state index in [0.717, 1.165) is 47.7 Å². The summed E-state index contributed by atoms with van der Waals surface area (Å²) in [7, 11) is 0. The number of carbonyl (C=O) groups is 1. The van der Waals surface area contributed by atoms with E-state index in [0.29, 0.717) is 0 Å². The van der Waals surface area contributed by atoms with E-state index in [9.17, 15) is 4.79 Å². The fraction of sp³-hybridized carbons (Fsp3) is 0.381. The molecule has 2 aromatic carbocycles. The Morgan fingerprint density at radius 2 is 1.68 bits per heavy atom. The van der Waals surface area contributed by atoms with Crippen LogP contribution in [-0.2, 0) is 4.79 Å². The standard InChI is InChI=1S/C21H28N2O2/c1-5-6-11-25-19-9-7-18(8-10-19)22-14-20(24)23-21-16(3)12-15(2)13-17(21)4/h7-10,12-13,22H,5-6,11,14H2,1-4H3,(H,23,24). The third kappa shape index (κ3) is 5.82. The van der Waals surface area contributed by atoms with Crippen LogP contribution in [0.3, 0.4) is 0 Å². The first-order chi connectivity index (χ1) is 12.0. The Kier molecular flexibility index (Phi) is 6.87. The van der Waals surface area contributed by atoms with Crippen LogP contribution in [0.2, 0.25) is 0 Å². The van der Waals surface area contributed by atoms with Crippen molar-refractivity contribution in [3.63, 3.8) is 0 Å². The van der Waals surface area contributed by atoms with Gasteiger partial charge in [0.15, 0.2) is 0 Å². The summed E-state index contributed by atoms with van der Waals surface area (Å²) in [5.41, 5.74) is 5.17. The summed E-state index contributed by atoms with van der Waals surface area (Å²) in [6.45, 7) is 9.19. The van der Waals surface area contributed by atoms with Crippen LogP contribution in [0.25, 0.3) is 0 Å². The lowest BCUT2D eigenvalue weighted by atomic mass is 10.1. The number of anilines is 2. The Morgan fingerprint density at radius 3 is 2.28 bits per heavy atom. The maximum Gasteiger partial charge on any atom is 0.243 e. The molecule has 0 heterocycles. The molecule has 0 radical (unpaired) electrons. The van der Waals surface area contributed by atoms with Crippen LogP contribution in [-0.4, -0.2) is 19.1 Å². The number of aryl methyl sites for hydroxylation is 3. The zero-order valence-electron chi connectivity index (χ0n) is 15.6. The second-order valence-electron chi connectivity index (χ2n) is 6.40. The molecule has 0 unspecified atom stereocenters. The van der Waals surface area contributed by atoms with Gasteiger partial charge in [0.05, 0.1) is 13.2 Å². The summed E-state index contributed by atoms with van der Waals surface area (Å²) in [6, 6.07) is 11.9. The van der Waals surface area contributed by atoms with Gasteiger partial charge in [-0.05, 0) is 62.6 Å². The van der Waals surface area contributed by atoms with Gasteiger partial charge in [-0.15, -0.1) is 0 Å². The number of hydrogen-bond acceptors (Lipinski definition) is 3. The Morgan fingerprint density at radius 1 is 1.04 bits per heavy atom. The topological polar surface area (TPSA) is 50.4 Å². The molecule has 2 rings (SSSR count). The van der Waals surface area contributed by atoms with Gasteiger partial charge >= 0.3 is 0 Å². The number of rotatable bonds is 8. The number of unbranched alkanes of at least 4 members (excludes halogenated alkanes) is 1. The summed E-state index contributed by atoms with van der Waals surface area (Å²) in [6.07, 6.45) is 2.17. The molecule has 0 aliphatic carbocycles. The molecule has 0 atom stereocenters. The summed E-state index contributed by atoms with van der Waals surface area (Å²) < 4.78 is 5.63. The van der Waals surface area contributed by atoms with E-state index in [1.54, 1.807) is 0 Å². The van der Waals surface area contributed by atoms with Crippen LogP contribution in [0.5, 0.6) is 5.75 Å². The Hall–Kier alpha value is -2.49. The van der Waals surface area contributed by atoms with Gasteiger partial charge < -0.3 is 15.4 Å². The van der Waals surface area contributed by atoms with Crippen molar-refractivity contribution < 1.29 is 9.53 Å². The number of nitrogens with one attached hydrogen (secondary N) is 2. The van der Waals surface area contributed by atoms with Crippen molar-refractivity contribution in [2.24, 2.45) is 0 Å². The molecule has 4 heteroatoms. The molecule has 0 saturated heterocycles. The van der Waals surface area contributed by atoms with E-state index in [1.165, 1.54) is 5.56 Å². The van der Waals surface area contributed by atoms with Crippen molar-refractivity contribution in [1.29, 1.82) is 0 Å². The Bertz CT molecular complexity index is 685. The molecule has 1 amide bonds. The van der Waals surface area contributed by atoms with Gasteiger partial charge in [0, 0.05) is 11.4 Å². The van der Waals surface area contributed by atoms with Gasteiger partial charge in [0.25, 0.3) is 0 Å². The quantitative estimate of drug-likeness (QED) is 0.676. The molecule has 2 N–H and O–H groups in total. The molecule has 0 fully saturated rings. The zero-order chi connectivity index (χ0) is 18.2. The third-order valence-electron chi connectivity index (χ3n) is 4.02. The van der Waals surface area contributed by atoms with E-state index in [-0.39, 0.29) is 12.5 Å². The monoisotopic (exact) mass is 340 g/mol. The first-order valence-electron chi connectivity index (χ1n) is 8.84. The first kappa shape index (κ1) is 18.8. The predicted molar refractivity (Wildman–Crippen MR) is 105 cm³/mol. The average Bonchev–Trinajstić information content (AvgIpc) is 2.57. The summed E-state index contributed by atoms with van der Waals surface area (Å²) in [5, 5.41) is 6.14. The fourth-order valence-electron chi connectivity index (χ4n) is 2.75. The number of carbonyl (C=O) groups excluding carboxylic acids is 1. The summed E-state index contributed by atoms with van der Waals surface area (Å²) in [5.74, 6) is 0.799. The van der Waals surface area contributed by atoms with Crippen LogP contribution < -0.4 is 15.4 Å². The van der Waals surface area contributed by atoms with Crippen LogP contribution in [0, 0.1) is 20.8 Å². The van der Waals surface area contributed by atoms with Crippen molar-refractivity contribution in [2.75, 3.05) is 23.8 Å². The van der Waals surface area contributed by atoms with Crippen LogP contribution >= 0.6 is 0 Å². The molecule has 4 nitrogen and oxygen atoms in total. The summed E-state index contributed by atoms with van der Waals surface area (Å²) in [4.78, 5) is 12.2. The lowest BCUT2D eigenvalue weighted by Gasteiger charge is -2.14. The minimum atomic E-state index is -0.0571. The van der Waals surface area contributed by atoms with Crippen LogP contribution in [0.1, 0.15) is 36.5 Å². The number of hydrogen-bond donors (Lipinski definition) is 2. The molecule has 0 bridgehead atoms. The smallest absolute Gasteiger partial charge is 0.243 e. The van der Waals surface area contributed by atoms with E-state index in [4.69, 9.17) is 4.74 Å². The largest absolute Gasteiger partial charge is 0.494 e. The SMILES string of the molecule is CCCCOc1ccc(NCC(=O)Nc2c(C)cc(C)cc2C)cc1. The van der Waals surface area contributed by atoms with Crippen LogP contribution in [0.15, 0.2) is 36.4 Å². The van der Waals surface area contributed by atoms with Gasteiger partial charge in [-0.1, -0.05) is 31.0 Å². The van der Waals surface area contributed by atoms with Crippen LogP contribution in [0.4, 0.5) is 11.4 Å². The molecule has 0 saturated carbocycles. The van der Waals surface area contributed by atoms with Gasteiger partial charge in [-0.2, -0.15) is 0 Å². The van der Waals surface area contributed by atoms with E-state index < -0.39 is 0 Å². The number of ether oxygens (including phenoxy) is 1. The third-order valence-corrected chi connectivity index (χ3v) is 4.02. The Labute approximate surface area is 150 Å². The van der Waals surface area contributed by atoms with Crippen molar-refractivity contribution in [2.45, 2.75) is 40.5 Å². The highest BCUT2D eigenvalue weighted by Crippen LogP contribution is 2.22. The lowest BCUT2D eigenvalue weighted by molar-refractivity contribution is -0.114. The first-order valence-corrected chi connectivity index (χ1v) is 8.84. The van der Waals surface area contributed by atoms with E-state index >= 15 is 0 Å². The summed E-state index contributed by atoms with van der Waals surface area (Å²) >= 11 is 0. The second-order valence-corrected chi connectivity index (χ2v) is 6.40. The van der Waals surface area contributed by atoms with E-state index in [1.807, 2.05) is 38.1 Å². The van der Waals surface area contributed by atoms with Gasteiger partial charge in [-0.3, -0.25) is 4.79 Å². The minimum Gasteiger partial charge on any atom is -0.494 e. The lowest BCUT2D eigenvalue weighted by Crippen LogP contribution is -2.22. The van der Waals surface area contributed by atoms with Crippen molar-refractivity contribution in [1.82, 2.24) is 0 Å². The van der Waals surface area contributed by atoms with Gasteiger partial charge in [0.1, 0.15) is 5.75 Å². The molecule has 0 spiro atoms. The minimum absolute atomic E-state index is 0.0571. The molecule has 25 heavy (non-hydrogen) atoms. The normalized spacial score (nSPS) is 10.4. The highest BCUT2D eigenvalue weighted by Gasteiger charge is 2.08. The number of benzene rings is 2. The number of amides is 1. The highest BCUT2D eigenvalue weighted by atomic mass is 16.5. The van der Waals surface area contributed by atoms with Gasteiger partial charge in [-0.25, -0.2) is 0 Å². The molecule has 0 aliphatic heterocycles. The van der Waals surface area contributed by atoms with E-state index in [2.05, 4.69) is 36.6 Å². The maximum atomic E-state index is 12.2. The molecule has 0 aromatic heterocycles. The Balaban J connectivity index is 1.86. The van der Waals surface area contributed by atoms with Gasteiger partial charge in [0.2, 0.25) is 5.91 Å². The maximum absolute atomic E-state index is 12.2. The molecular weight excluding hydrogens is 312 g/mol. The van der Waals surface area contributed by atoms with Crippen molar-refractivity contribution >= 4 is 17.3 Å². The average molecular weight is 340 g/mol. The zero-order valence-corrected chi connectivity index (χ0v) is 15.6. The predicted octanol–water partition coefficient (Wildman–Crippen LogP) is 4.84. The molecule has 134 valence electrons. The second kappa shape index (κ2) is 9.11. The van der Waals surface area contributed by atoms with Crippen molar-refractivity contribution in [3.8, 4) is 5.75 Å². The molecular formula is C21H28N2O2. The van der Waals surface area contributed by atoms with Crippen molar-refractivity contribution in [3.05, 3.63) is 53.1 Å². The molecule has 0 aliphatic rings. The molecule has 2 aromatic rings. The fourth-order valence-corrected chi connectivity index (χ4v) is 2.75. The highest BCUT2D eigenvalue weighted by molar-refractivity contribution is 5.95.